The van der Waals surface area contributed by atoms with Gasteiger partial charge in [0.1, 0.15) is 6.26 Å². The van der Waals surface area contributed by atoms with Crippen molar-refractivity contribution in [2.75, 3.05) is 13.1 Å². The standard InChI is InChI=1S/C9H12N2O3S/c1-2-15(12,13)11-5-3-8(7-11)9-4-6-14-10-9/h2,4,6,8H,1,3,5,7H2. The van der Waals surface area contributed by atoms with E-state index in [9.17, 15) is 8.42 Å². The van der Waals surface area contributed by atoms with Crippen molar-refractivity contribution in [1.82, 2.24) is 9.46 Å². The van der Waals surface area contributed by atoms with E-state index < -0.39 is 10.0 Å². The summed E-state index contributed by atoms with van der Waals surface area (Å²) in [6, 6.07) is 1.77. The fourth-order valence-electron chi connectivity index (χ4n) is 1.74. The zero-order valence-corrected chi connectivity index (χ0v) is 8.98. The molecule has 1 aromatic heterocycles. The number of rotatable bonds is 3. The number of hydrogen-bond acceptors (Lipinski definition) is 4. The van der Waals surface area contributed by atoms with E-state index in [1.807, 2.05) is 0 Å². The Labute approximate surface area is 88.4 Å². The van der Waals surface area contributed by atoms with Crippen molar-refractivity contribution in [3.05, 3.63) is 30.0 Å². The Kier molecular flexibility index (Phi) is 2.62. The maximum Gasteiger partial charge on any atom is 0.235 e. The van der Waals surface area contributed by atoms with E-state index in [-0.39, 0.29) is 5.92 Å². The predicted octanol–water partition coefficient (Wildman–Crippen LogP) is 0.937. The fourth-order valence-corrected chi connectivity index (χ4v) is 2.70. The maximum atomic E-state index is 11.5. The van der Waals surface area contributed by atoms with Gasteiger partial charge >= 0.3 is 0 Å². The average molecular weight is 228 g/mol. The molecular formula is C9H12N2O3S. The van der Waals surface area contributed by atoms with Gasteiger partial charge in [0.05, 0.1) is 5.69 Å². The summed E-state index contributed by atoms with van der Waals surface area (Å²) in [5.74, 6) is 0.137. The molecule has 0 radical (unpaired) electrons. The molecule has 0 bridgehead atoms. The number of aromatic nitrogens is 1. The normalized spacial score (nSPS) is 23.1. The molecule has 1 fully saturated rings. The molecule has 0 spiro atoms. The molecule has 2 heterocycles. The highest BCUT2D eigenvalue weighted by Gasteiger charge is 2.31. The molecule has 1 aliphatic heterocycles. The molecule has 0 amide bonds. The first-order chi connectivity index (χ1) is 7.13. The fraction of sp³-hybridized carbons (Fsp3) is 0.444. The minimum absolute atomic E-state index is 0.137. The lowest BCUT2D eigenvalue weighted by atomic mass is 10.1. The minimum Gasteiger partial charge on any atom is -0.365 e. The largest absolute Gasteiger partial charge is 0.365 e. The minimum atomic E-state index is -3.28. The van der Waals surface area contributed by atoms with Gasteiger partial charge in [-0.3, -0.25) is 0 Å². The monoisotopic (exact) mass is 228 g/mol. The second-order valence-electron chi connectivity index (χ2n) is 3.48. The molecule has 6 heteroatoms. The van der Waals surface area contributed by atoms with Gasteiger partial charge in [0.15, 0.2) is 0 Å². The van der Waals surface area contributed by atoms with Crippen LogP contribution in [-0.4, -0.2) is 31.0 Å². The molecule has 1 unspecified atom stereocenters. The van der Waals surface area contributed by atoms with Crippen LogP contribution in [0.4, 0.5) is 0 Å². The third-order valence-corrected chi connectivity index (χ3v) is 4.07. The van der Waals surface area contributed by atoms with Crippen LogP contribution in [0.25, 0.3) is 0 Å². The molecule has 5 nitrogen and oxygen atoms in total. The van der Waals surface area contributed by atoms with Crippen molar-refractivity contribution < 1.29 is 12.9 Å². The summed E-state index contributed by atoms with van der Waals surface area (Å²) in [6.45, 7) is 4.28. The highest BCUT2D eigenvalue weighted by atomic mass is 32.2. The van der Waals surface area contributed by atoms with Gasteiger partial charge in [0, 0.05) is 30.5 Å². The Hall–Kier alpha value is -1.14. The van der Waals surface area contributed by atoms with Gasteiger partial charge in [0.2, 0.25) is 10.0 Å². The lowest BCUT2D eigenvalue weighted by Gasteiger charge is -2.12. The van der Waals surface area contributed by atoms with E-state index in [1.54, 1.807) is 6.07 Å². The van der Waals surface area contributed by atoms with Gasteiger partial charge in [0.25, 0.3) is 0 Å². The van der Waals surface area contributed by atoms with E-state index in [2.05, 4.69) is 11.7 Å². The number of sulfonamides is 1. The summed E-state index contributed by atoms with van der Waals surface area (Å²) in [5.41, 5.74) is 0.816. The Balaban J connectivity index is 2.11. The summed E-state index contributed by atoms with van der Waals surface area (Å²) in [6.07, 6.45) is 2.28. The van der Waals surface area contributed by atoms with Gasteiger partial charge in [-0.25, -0.2) is 8.42 Å². The average Bonchev–Trinajstić information content (AvgIpc) is 2.88. The van der Waals surface area contributed by atoms with Crippen LogP contribution in [0.1, 0.15) is 18.0 Å². The zero-order chi connectivity index (χ0) is 10.9. The van der Waals surface area contributed by atoms with Gasteiger partial charge in [-0.15, -0.1) is 0 Å². The first-order valence-electron chi connectivity index (χ1n) is 4.66. The van der Waals surface area contributed by atoms with Crippen molar-refractivity contribution in [2.24, 2.45) is 0 Å². The quantitative estimate of drug-likeness (QED) is 0.772. The molecule has 0 aromatic carbocycles. The SMILES string of the molecule is C=CS(=O)(=O)N1CCC(c2ccon2)C1. The topological polar surface area (TPSA) is 63.4 Å². The molecule has 2 rings (SSSR count). The van der Waals surface area contributed by atoms with Crippen LogP contribution in [0.3, 0.4) is 0 Å². The lowest BCUT2D eigenvalue weighted by Crippen LogP contribution is -2.26. The van der Waals surface area contributed by atoms with Crippen LogP contribution in [-0.2, 0) is 10.0 Å². The van der Waals surface area contributed by atoms with Gasteiger partial charge < -0.3 is 4.52 Å². The molecule has 1 saturated heterocycles. The van der Waals surface area contributed by atoms with E-state index in [1.165, 1.54) is 10.6 Å². The first-order valence-corrected chi connectivity index (χ1v) is 6.16. The van der Waals surface area contributed by atoms with Crippen molar-refractivity contribution in [3.8, 4) is 0 Å². The Morgan fingerprint density at radius 2 is 2.47 bits per heavy atom. The Morgan fingerprint density at radius 1 is 1.67 bits per heavy atom. The van der Waals surface area contributed by atoms with Crippen LogP contribution in [0.5, 0.6) is 0 Å². The molecule has 82 valence electrons. The van der Waals surface area contributed by atoms with Crippen molar-refractivity contribution in [1.29, 1.82) is 0 Å². The second kappa shape index (κ2) is 3.79. The highest BCUT2D eigenvalue weighted by molar-refractivity contribution is 7.92. The molecule has 0 saturated carbocycles. The van der Waals surface area contributed by atoms with Crippen LogP contribution < -0.4 is 0 Å². The van der Waals surface area contributed by atoms with E-state index in [0.717, 1.165) is 17.5 Å². The summed E-state index contributed by atoms with van der Waals surface area (Å²) in [4.78, 5) is 0. The predicted molar refractivity (Wildman–Crippen MR) is 54.6 cm³/mol. The molecule has 1 atom stereocenters. The molecule has 1 aliphatic rings. The van der Waals surface area contributed by atoms with Gasteiger partial charge in [-0.1, -0.05) is 11.7 Å². The molecular weight excluding hydrogens is 216 g/mol. The van der Waals surface area contributed by atoms with Crippen LogP contribution >= 0.6 is 0 Å². The van der Waals surface area contributed by atoms with Gasteiger partial charge in [-0.2, -0.15) is 4.31 Å². The molecule has 15 heavy (non-hydrogen) atoms. The van der Waals surface area contributed by atoms with E-state index in [4.69, 9.17) is 4.52 Å². The smallest absolute Gasteiger partial charge is 0.235 e. The summed E-state index contributed by atoms with van der Waals surface area (Å²) in [7, 11) is -3.28. The van der Waals surface area contributed by atoms with Crippen LogP contribution in [0.2, 0.25) is 0 Å². The summed E-state index contributed by atoms with van der Waals surface area (Å²) < 4.78 is 29.1. The van der Waals surface area contributed by atoms with Crippen molar-refractivity contribution in [3.63, 3.8) is 0 Å². The molecule has 0 aliphatic carbocycles. The highest BCUT2D eigenvalue weighted by Crippen LogP contribution is 2.27. The Morgan fingerprint density at radius 3 is 3.07 bits per heavy atom. The van der Waals surface area contributed by atoms with Crippen molar-refractivity contribution >= 4 is 10.0 Å². The van der Waals surface area contributed by atoms with E-state index >= 15 is 0 Å². The third-order valence-electron chi connectivity index (χ3n) is 2.60. The van der Waals surface area contributed by atoms with Crippen LogP contribution in [0, 0.1) is 0 Å². The zero-order valence-electron chi connectivity index (χ0n) is 8.17. The number of nitrogens with zero attached hydrogens (tertiary/aromatic N) is 2. The number of hydrogen-bond donors (Lipinski definition) is 0. The first kappa shape index (κ1) is 10.4. The lowest BCUT2D eigenvalue weighted by molar-refractivity contribution is 0.404. The molecule has 1 aromatic rings. The second-order valence-corrected chi connectivity index (χ2v) is 5.36. The Bertz CT molecular complexity index is 438. The van der Waals surface area contributed by atoms with Crippen LogP contribution in [0.15, 0.2) is 28.8 Å². The summed E-state index contributed by atoms with van der Waals surface area (Å²) in [5, 5.41) is 4.80. The van der Waals surface area contributed by atoms with Gasteiger partial charge in [-0.05, 0) is 6.42 Å². The maximum absolute atomic E-state index is 11.5. The third kappa shape index (κ3) is 1.95. The van der Waals surface area contributed by atoms with Crippen molar-refractivity contribution in [2.45, 2.75) is 12.3 Å². The summed E-state index contributed by atoms with van der Waals surface area (Å²) >= 11 is 0. The molecule has 0 N–H and O–H groups in total. The van der Waals surface area contributed by atoms with E-state index in [0.29, 0.717) is 13.1 Å².